The van der Waals surface area contributed by atoms with Gasteiger partial charge in [0, 0.05) is 36.1 Å². The molecule has 1 atom stereocenters. The molecule has 0 bridgehead atoms. The summed E-state index contributed by atoms with van der Waals surface area (Å²) < 4.78 is 0. The van der Waals surface area contributed by atoms with Crippen LogP contribution in [0.4, 0.5) is 0 Å². The maximum absolute atomic E-state index is 12.4. The molecule has 124 valence electrons. The molecule has 0 radical (unpaired) electrons. The van der Waals surface area contributed by atoms with Gasteiger partial charge >= 0.3 is 0 Å². The van der Waals surface area contributed by atoms with Crippen LogP contribution in [-0.2, 0) is 11.2 Å². The first kappa shape index (κ1) is 17.0. The molecule has 1 aromatic heterocycles. The molecule has 1 aromatic carbocycles. The van der Waals surface area contributed by atoms with Crippen LogP contribution in [0.2, 0.25) is 5.02 Å². The van der Waals surface area contributed by atoms with Gasteiger partial charge in [0.1, 0.15) is 6.04 Å². The van der Waals surface area contributed by atoms with Crippen molar-refractivity contribution < 1.29 is 4.79 Å². The second kappa shape index (κ2) is 7.80. The van der Waals surface area contributed by atoms with E-state index in [4.69, 9.17) is 11.6 Å². The Balaban J connectivity index is 1.59. The predicted molar refractivity (Wildman–Crippen MR) is 96.0 cm³/mol. The molecule has 1 unspecified atom stereocenters. The number of hydrogen-bond acceptors (Lipinski definition) is 4. The van der Waals surface area contributed by atoms with Crippen molar-refractivity contribution in [1.29, 1.82) is 5.26 Å². The van der Waals surface area contributed by atoms with Gasteiger partial charge in [-0.1, -0.05) is 29.8 Å². The maximum Gasteiger partial charge on any atom is 0.227 e. The molecule has 1 fully saturated rings. The van der Waals surface area contributed by atoms with E-state index in [0.717, 1.165) is 10.4 Å². The minimum absolute atomic E-state index is 0.161. The van der Waals surface area contributed by atoms with E-state index >= 15 is 0 Å². The van der Waals surface area contributed by atoms with E-state index in [-0.39, 0.29) is 11.9 Å². The van der Waals surface area contributed by atoms with Crippen LogP contribution in [0, 0.1) is 11.3 Å². The number of benzene rings is 1. The molecule has 1 aliphatic heterocycles. The first-order chi connectivity index (χ1) is 11.7. The smallest absolute Gasteiger partial charge is 0.227 e. The van der Waals surface area contributed by atoms with Gasteiger partial charge in [-0.3, -0.25) is 9.69 Å². The lowest BCUT2D eigenvalue weighted by atomic mass is 10.1. The number of nitriles is 1. The van der Waals surface area contributed by atoms with E-state index in [1.807, 2.05) is 40.6 Å². The van der Waals surface area contributed by atoms with Gasteiger partial charge in [0.25, 0.3) is 0 Å². The summed E-state index contributed by atoms with van der Waals surface area (Å²) in [6.07, 6.45) is 0.466. The van der Waals surface area contributed by atoms with Crippen molar-refractivity contribution in [2.45, 2.75) is 12.5 Å². The number of piperazine rings is 1. The van der Waals surface area contributed by atoms with Crippen LogP contribution in [0.5, 0.6) is 0 Å². The van der Waals surface area contributed by atoms with E-state index in [0.29, 0.717) is 37.6 Å². The number of hydrogen-bond donors (Lipinski definition) is 0. The van der Waals surface area contributed by atoms with Gasteiger partial charge in [0.15, 0.2) is 0 Å². The van der Waals surface area contributed by atoms with E-state index in [1.54, 1.807) is 17.4 Å². The summed E-state index contributed by atoms with van der Waals surface area (Å²) in [6, 6.07) is 13.4. The van der Waals surface area contributed by atoms with Gasteiger partial charge in [-0.2, -0.15) is 5.26 Å². The Kier molecular flexibility index (Phi) is 5.52. The third kappa shape index (κ3) is 3.96. The summed E-state index contributed by atoms with van der Waals surface area (Å²) in [6.45, 7) is 2.70. The minimum atomic E-state index is -0.321. The summed E-state index contributed by atoms with van der Waals surface area (Å²) >= 11 is 7.65. The average molecular weight is 360 g/mol. The second-order valence-electron chi connectivity index (χ2n) is 5.76. The first-order valence-electron chi connectivity index (χ1n) is 7.86. The van der Waals surface area contributed by atoms with Gasteiger partial charge in [-0.25, -0.2) is 0 Å². The maximum atomic E-state index is 12.4. The minimum Gasteiger partial charge on any atom is -0.340 e. The van der Waals surface area contributed by atoms with Gasteiger partial charge in [0.2, 0.25) is 5.91 Å². The molecule has 1 saturated heterocycles. The molecule has 1 amide bonds. The second-order valence-corrected chi connectivity index (χ2v) is 7.23. The molecule has 0 spiro atoms. The molecule has 1 aliphatic rings. The fourth-order valence-corrected chi connectivity index (χ4v) is 3.84. The molecule has 2 heterocycles. The Morgan fingerprint density at radius 2 is 2.04 bits per heavy atom. The highest BCUT2D eigenvalue weighted by molar-refractivity contribution is 7.10. The number of carbonyl (C=O) groups excluding carboxylic acids is 1. The van der Waals surface area contributed by atoms with Crippen molar-refractivity contribution in [3.8, 4) is 6.07 Å². The summed E-state index contributed by atoms with van der Waals surface area (Å²) in [4.78, 5) is 17.5. The molecular formula is C18H18ClN3OS. The monoisotopic (exact) mass is 359 g/mol. The van der Waals surface area contributed by atoms with Crippen molar-refractivity contribution in [2.75, 3.05) is 26.2 Å². The predicted octanol–water partition coefficient (Wildman–Crippen LogP) is 3.35. The zero-order valence-electron chi connectivity index (χ0n) is 13.2. The van der Waals surface area contributed by atoms with E-state index in [1.165, 1.54) is 0 Å². The quantitative estimate of drug-likeness (QED) is 0.841. The number of halogens is 1. The lowest BCUT2D eigenvalue weighted by Crippen LogP contribution is -2.49. The summed E-state index contributed by atoms with van der Waals surface area (Å²) in [5.41, 5.74) is 0.906. The lowest BCUT2D eigenvalue weighted by Gasteiger charge is -2.37. The first-order valence-corrected chi connectivity index (χ1v) is 9.12. The number of carbonyl (C=O) groups is 1. The lowest BCUT2D eigenvalue weighted by molar-refractivity contribution is -0.132. The largest absolute Gasteiger partial charge is 0.340 e. The van der Waals surface area contributed by atoms with Crippen molar-refractivity contribution in [2.24, 2.45) is 0 Å². The highest BCUT2D eigenvalue weighted by Gasteiger charge is 2.27. The van der Waals surface area contributed by atoms with Crippen LogP contribution in [0.25, 0.3) is 0 Å². The van der Waals surface area contributed by atoms with Crippen LogP contribution >= 0.6 is 22.9 Å². The highest BCUT2D eigenvalue weighted by Crippen LogP contribution is 2.24. The number of nitrogens with zero attached hydrogens (tertiary/aromatic N) is 3. The van der Waals surface area contributed by atoms with Crippen LogP contribution in [0.3, 0.4) is 0 Å². The Hall–Kier alpha value is -1.87. The van der Waals surface area contributed by atoms with Crippen LogP contribution in [0.15, 0.2) is 41.8 Å². The SMILES string of the molecule is N#CC(c1cccc(Cl)c1)N1CCN(C(=O)Cc2cccs2)CC1. The van der Waals surface area contributed by atoms with Crippen molar-refractivity contribution in [3.63, 3.8) is 0 Å². The molecule has 2 aromatic rings. The third-order valence-electron chi connectivity index (χ3n) is 4.22. The van der Waals surface area contributed by atoms with Crippen LogP contribution in [-0.4, -0.2) is 41.9 Å². The summed E-state index contributed by atoms with van der Waals surface area (Å²) in [5, 5.41) is 12.2. The molecule has 4 nitrogen and oxygen atoms in total. The standard InChI is InChI=1S/C18H18ClN3OS/c19-15-4-1-3-14(11-15)17(13-20)21-6-8-22(9-7-21)18(23)12-16-5-2-10-24-16/h1-5,10-11,17H,6-9,12H2. The Morgan fingerprint density at radius 1 is 1.25 bits per heavy atom. The molecule has 6 heteroatoms. The van der Waals surface area contributed by atoms with E-state index in [2.05, 4.69) is 11.0 Å². The van der Waals surface area contributed by atoms with Crippen LogP contribution < -0.4 is 0 Å². The fraction of sp³-hybridized carbons (Fsp3) is 0.333. The third-order valence-corrected chi connectivity index (χ3v) is 5.34. The highest BCUT2D eigenvalue weighted by atomic mass is 35.5. The number of rotatable bonds is 4. The molecule has 0 saturated carbocycles. The van der Waals surface area contributed by atoms with Crippen LogP contribution in [0.1, 0.15) is 16.5 Å². The molecule has 0 aliphatic carbocycles. The van der Waals surface area contributed by atoms with Gasteiger partial charge in [-0.05, 0) is 29.1 Å². The van der Waals surface area contributed by atoms with E-state index < -0.39 is 0 Å². The zero-order chi connectivity index (χ0) is 16.9. The Morgan fingerprint density at radius 3 is 2.67 bits per heavy atom. The van der Waals surface area contributed by atoms with Gasteiger partial charge in [-0.15, -0.1) is 11.3 Å². The molecule has 3 rings (SSSR count). The van der Waals surface area contributed by atoms with Gasteiger partial charge in [0.05, 0.1) is 12.5 Å². The summed E-state index contributed by atoms with van der Waals surface area (Å²) in [5.74, 6) is 0.161. The molecule has 24 heavy (non-hydrogen) atoms. The van der Waals surface area contributed by atoms with Crippen molar-refractivity contribution in [1.82, 2.24) is 9.80 Å². The topological polar surface area (TPSA) is 47.3 Å². The molecule has 0 N–H and O–H groups in total. The molecular weight excluding hydrogens is 342 g/mol. The zero-order valence-corrected chi connectivity index (χ0v) is 14.8. The Labute approximate surface area is 150 Å². The fourth-order valence-electron chi connectivity index (χ4n) is 2.95. The van der Waals surface area contributed by atoms with E-state index in [9.17, 15) is 10.1 Å². The normalized spacial score (nSPS) is 16.6. The number of thiophene rings is 1. The van der Waals surface area contributed by atoms with Gasteiger partial charge < -0.3 is 4.90 Å². The average Bonchev–Trinajstić information content (AvgIpc) is 3.09. The van der Waals surface area contributed by atoms with Crippen molar-refractivity contribution >= 4 is 28.8 Å². The Bertz CT molecular complexity index is 733. The number of amides is 1. The van der Waals surface area contributed by atoms with Crippen molar-refractivity contribution in [3.05, 3.63) is 57.2 Å². The summed E-state index contributed by atoms with van der Waals surface area (Å²) in [7, 11) is 0.